The molecule has 0 bridgehead atoms. The lowest BCUT2D eigenvalue weighted by Crippen LogP contribution is -2.49. The lowest BCUT2D eigenvalue weighted by atomic mass is 9.69. The fraction of sp³-hybridized carbons (Fsp3) is 0.556. The van der Waals surface area contributed by atoms with Gasteiger partial charge < -0.3 is 13.9 Å². The number of allylic oxidation sites excluding steroid dienone is 1. The van der Waals surface area contributed by atoms with Crippen molar-refractivity contribution in [3.05, 3.63) is 54.5 Å². The molecule has 8 nitrogen and oxygen atoms in total. The van der Waals surface area contributed by atoms with Gasteiger partial charge in [-0.1, -0.05) is 31.6 Å². The van der Waals surface area contributed by atoms with E-state index in [1.165, 1.54) is 12.0 Å². The van der Waals surface area contributed by atoms with Gasteiger partial charge in [0.25, 0.3) is 5.89 Å². The van der Waals surface area contributed by atoms with Crippen LogP contribution in [-0.2, 0) is 13.5 Å². The van der Waals surface area contributed by atoms with Gasteiger partial charge in [-0.3, -0.25) is 4.90 Å². The molecular formula is C27H37N7O. The van der Waals surface area contributed by atoms with Crippen molar-refractivity contribution < 1.29 is 4.42 Å². The fourth-order valence-electron chi connectivity index (χ4n) is 5.70. The maximum absolute atomic E-state index is 6.02. The third kappa shape index (κ3) is 5.32. The van der Waals surface area contributed by atoms with E-state index in [2.05, 4.69) is 68.9 Å². The summed E-state index contributed by atoms with van der Waals surface area (Å²) in [5.41, 5.74) is 2.31. The first-order chi connectivity index (χ1) is 17.0. The average molecular weight is 476 g/mol. The summed E-state index contributed by atoms with van der Waals surface area (Å²) in [6, 6.07) is 6.16. The highest BCUT2D eigenvalue weighted by molar-refractivity contribution is 5.44. The zero-order valence-electron chi connectivity index (χ0n) is 21.3. The summed E-state index contributed by atoms with van der Waals surface area (Å²) in [4.78, 5) is 13.7. The number of imidazole rings is 1. The van der Waals surface area contributed by atoms with E-state index in [-0.39, 0.29) is 0 Å². The van der Waals surface area contributed by atoms with Gasteiger partial charge in [0.15, 0.2) is 0 Å². The fourth-order valence-corrected chi connectivity index (χ4v) is 5.70. The number of anilines is 1. The number of hydrogen-bond acceptors (Lipinski definition) is 7. The van der Waals surface area contributed by atoms with Crippen LogP contribution in [0, 0.1) is 23.7 Å². The molecule has 0 amide bonds. The zero-order valence-corrected chi connectivity index (χ0v) is 21.3. The van der Waals surface area contributed by atoms with Gasteiger partial charge >= 0.3 is 0 Å². The molecule has 3 unspecified atom stereocenters. The number of aromatic nitrogens is 5. The Balaban J connectivity index is 1.22. The lowest BCUT2D eigenvalue weighted by molar-refractivity contribution is 0.155. The van der Waals surface area contributed by atoms with Crippen LogP contribution >= 0.6 is 0 Å². The van der Waals surface area contributed by atoms with E-state index in [1.54, 1.807) is 12.5 Å². The van der Waals surface area contributed by atoms with Crippen LogP contribution in [0.4, 0.5) is 5.82 Å². The second-order valence-corrected chi connectivity index (χ2v) is 10.5. The zero-order chi connectivity index (χ0) is 24.4. The molecule has 2 aliphatic rings. The predicted molar refractivity (Wildman–Crippen MR) is 137 cm³/mol. The molecule has 1 saturated heterocycles. The molecule has 3 aromatic heterocycles. The van der Waals surface area contributed by atoms with Gasteiger partial charge in [-0.05, 0) is 49.1 Å². The minimum absolute atomic E-state index is 0.444. The Morgan fingerprint density at radius 2 is 1.94 bits per heavy atom. The highest BCUT2D eigenvalue weighted by Crippen LogP contribution is 2.39. The number of rotatable bonds is 7. The Hall–Kier alpha value is -3.00. The van der Waals surface area contributed by atoms with Gasteiger partial charge in [0.1, 0.15) is 11.5 Å². The summed E-state index contributed by atoms with van der Waals surface area (Å²) in [7, 11) is 1.94. The van der Waals surface area contributed by atoms with Gasteiger partial charge in [0, 0.05) is 52.4 Å². The first kappa shape index (κ1) is 23.7. The molecule has 3 atom stereocenters. The van der Waals surface area contributed by atoms with Crippen molar-refractivity contribution in [1.82, 2.24) is 29.6 Å². The van der Waals surface area contributed by atoms with Crippen LogP contribution in [0.15, 0.2) is 53.0 Å². The first-order valence-electron chi connectivity index (χ1n) is 12.8. The van der Waals surface area contributed by atoms with Gasteiger partial charge in [0.05, 0.1) is 12.5 Å². The van der Waals surface area contributed by atoms with Crippen LogP contribution in [0.25, 0.3) is 11.6 Å². The molecule has 1 aliphatic carbocycles. The van der Waals surface area contributed by atoms with Gasteiger partial charge in [-0.15, -0.1) is 10.2 Å². The third-order valence-electron chi connectivity index (χ3n) is 7.82. The van der Waals surface area contributed by atoms with Crippen molar-refractivity contribution in [2.75, 3.05) is 37.6 Å². The highest BCUT2D eigenvalue weighted by atomic mass is 16.4. The van der Waals surface area contributed by atoms with Crippen LogP contribution in [0.2, 0.25) is 0 Å². The molecule has 3 aromatic rings. The summed E-state index contributed by atoms with van der Waals surface area (Å²) >= 11 is 0. The van der Waals surface area contributed by atoms with E-state index in [9.17, 15) is 0 Å². The maximum Gasteiger partial charge on any atom is 0.265 e. The molecule has 4 heterocycles. The molecule has 1 fully saturated rings. The highest BCUT2D eigenvalue weighted by Gasteiger charge is 2.34. The van der Waals surface area contributed by atoms with E-state index in [1.807, 2.05) is 23.9 Å². The molecule has 8 heteroatoms. The SMILES string of the molecule is CC1=CC(CN2CCN(c3ccccn3)CC2)C(C(C)C)CC1Cc1nnc(-c2cncn2C)o1. The Morgan fingerprint density at radius 1 is 1.11 bits per heavy atom. The number of piperazine rings is 1. The number of pyridine rings is 1. The third-order valence-corrected chi connectivity index (χ3v) is 7.82. The molecule has 0 saturated carbocycles. The summed E-state index contributed by atoms with van der Waals surface area (Å²) < 4.78 is 7.92. The van der Waals surface area contributed by atoms with Gasteiger partial charge in [0.2, 0.25) is 5.89 Å². The maximum atomic E-state index is 6.02. The monoisotopic (exact) mass is 475 g/mol. The van der Waals surface area contributed by atoms with E-state index >= 15 is 0 Å². The molecule has 186 valence electrons. The van der Waals surface area contributed by atoms with Crippen molar-refractivity contribution in [3.8, 4) is 11.6 Å². The Kier molecular flexibility index (Phi) is 7.00. The molecule has 5 rings (SSSR count). The quantitative estimate of drug-likeness (QED) is 0.477. The van der Waals surface area contributed by atoms with Crippen LogP contribution < -0.4 is 4.90 Å². The smallest absolute Gasteiger partial charge is 0.265 e. The van der Waals surface area contributed by atoms with Crippen molar-refractivity contribution in [2.24, 2.45) is 30.7 Å². The van der Waals surface area contributed by atoms with E-state index in [0.29, 0.717) is 35.5 Å². The van der Waals surface area contributed by atoms with Crippen molar-refractivity contribution in [3.63, 3.8) is 0 Å². The molecule has 1 aliphatic heterocycles. The summed E-state index contributed by atoms with van der Waals surface area (Å²) in [5, 5.41) is 8.63. The second kappa shape index (κ2) is 10.3. The average Bonchev–Trinajstić information content (AvgIpc) is 3.50. The van der Waals surface area contributed by atoms with Crippen molar-refractivity contribution in [1.29, 1.82) is 0 Å². The first-order valence-corrected chi connectivity index (χ1v) is 12.8. The van der Waals surface area contributed by atoms with Crippen molar-refractivity contribution in [2.45, 2.75) is 33.6 Å². The van der Waals surface area contributed by atoms with Crippen molar-refractivity contribution >= 4 is 5.82 Å². The van der Waals surface area contributed by atoms with Crippen LogP contribution in [0.1, 0.15) is 33.1 Å². The van der Waals surface area contributed by atoms with Gasteiger partial charge in [-0.25, -0.2) is 9.97 Å². The topological polar surface area (TPSA) is 76.1 Å². The largest absolute Gasteiger partial charge is 0.419 e. The standard InChI is InChI=1S/C27H37N7O/c1-19(2)23-14-21(15-26-30-31-27(35-26)24-16-28-18-32(24)4)20(3)13-22(23)17-33-9-11-34(12-10-33)25-7-5-6-8-29-25/h5-8,13,16,18-19,21-23H,9-12,14-15,17H2,1-4H3. The van der Waals surface area contributed by atoms with E-state index in [4.69, 9.17) is 4.42 Å². The number of nitrogens with zero attached hydrogens (tertiary/aromatic N) is 7. The molecule has 0 N–H and O–H groups in total. The normalized spacial score (nSPS) is 23.6. The lowest BCUT2D eigenvalue weighted by Gasteiger charge is -2.41. The minimum atomic E-state index is 0.444. The summed E-state index contributed by atoms with van der Waals surface area (Å²) in [6.45, 7) is 12.4. The summed E-state index contributed by atoms with van der Waals surface area (Å²) in [6.07, 6.45) is 9.91. The Bertz CT molecular complexity index is 1130. The molecule has 0 spiro atoms. The molecular weight excluding hydrogens is 438 g/mol. The van der Waals surface area contributed by atoms with E-state index < -0.39 is 0 Å². The molecule has 35 heavy (non-hydrogen) atoms. The predicted octanol–water partition coefficient (Wildman–Crippen LogP) is 4.08. The van der Waals surface area contributed by atoms with Crippen LogP contribution in [0.5, 0.6) is 0 Å². The minimum Gasteiger partial charge on any atom is -0.419 e. The number of aryl methyl sites for hydroxylation is 1. The number of hydrogen-bond donors (Lipinski definition) is 0. The Morgan fingerprint density at radius 3 is 2.63 bits per heavy atom. The second-order valence-electron chi connectivity index (χ2n) is 10.5. The van der Waals surface area contributed by atoms with Gasteiger partial charge in [-0.2, -0.15) is 0 Å². The Labute approximate surface area is 208 Å². The van der Waals surface area contributed by atoms with E-state index in [0.717, 1.165) is 50.7 Å². The molecule has 0 radical (unpaired) electrons. The molecule has 0 aromatic carbocycles. The van der Waals surface area contributed by atoms with Crippen LogP contribution in [0.3, 0.4) is 0 Å². The van der Waals surface area contributed by atoms with Crippen LogP contribution in [-0.4, -0.2) is 62.4 Å². The summed E-state index contributed by atoms with van der Waals surface area (Å²) in [5.74, 6) is 4.66.